The third kappa shape index (κ3) is 3.96. The number of hydrogen-bond donors (Lipinski definition) is 0. The van der Waals surface area contributed by atoms with Gasteiger partial charge < -0.3 is 18.6 Å². The number of ether oxygens (including phenoxy) is 3. The molecule has 0 aromatic carbocycles. The molecule has 0 bridgehead atoms. The number of aromatic nitrogens is 4. The molecule has 0 saturated heterocycles. The number of methoxy groups -OCH3 is 2. The van der Waals surface area contributed by atoms with Crippen LogP contribution in [0, 0.1) is 6.92 Å². The van der Waals surface area contributed by atoms with E-state index in [1.54, 1.807) is 36.9 Å². The number of hydrogen-bond acceptors (Lipinski definition) is 9. The zero-order chi connectivity index (χ0) is 20.1. The van der Waals surface area contributed by atoms with E-state index in [1.165, 1.54) is 18.9 Å². The van der Waals surface area contributed by atoms with Crippen LogP contribution in [0.1, 0.15) is 12.7 Å². The lowest BCUT2D eigenvalue weighted by Crippen LogP contribution is -2.09. The molecule has 0 atom stereocenters. The highest BCUT2D eigenvalue weighted by Gasteiger charge is 2.25. The minimum atomic E-state index is -0.345. The highest BCUT2D eigenvalue weighted by Crippen LogP contribution is 2.37. The number of carbonyl (C=O) groups is 1. The minimum absolute atomic E-state index is 0.0774. The van der Waals surface area contributed by atoms with Crippen LogP contribution in [0.2, 0.25) is 0 Å². The van der Waals surface area contributed by atoms with Crippen LogP contribution in [0.3, 0.4) is 0 Å². The van der Waals surface area contributed by atoms with Gasteiger partial charge in [-0.1, -0.05) is 11.8 Å². The minimum Gasteiger partial charge on any atom is -0.494 e. The fourth-order valence-electron chi connectivity index (χ4n) is 2.54. The largest absolute Gasteiger partial charge is 0.494 e. The maximum absolute atomic E-state index is 11.8. The van der Waals surface area contributed by atoms with E-state index in [4.69, 9.17) is 18.6 Å². The second kappa shape index (κ2) is 8.79. The SMILES string of the molecule is CCOC(=O)CSc1nnc(-c2ccc(C)o2)n1-c1c(OC)ccnc1OC. The third-order valence-corrected chi connectivity index (χ3v) is 4.61. The fraction of sp³-hybridized carbons (Fsp3) is 0.333. The molecule has 0 unspecified atom stereocenters. The molecule has 3 aromatic heterocycles. The normalized spacial score (nSPS) is 10.7. The van der Waals surface area contributed by atoms with Crippen molar-refractivity contribution < 1.29 is 23.4 Å². The standard InChI is InChI=1S/C18H20N4O5S/c1-5-26-14(23)10-28-18-21-20-16(13-7-6-11(2)27-13)22(18)15-12(24-3)8-9-19-17(15)25-4/h6-9H,5,10H2,1-4H3. The molecule has 0 saturated carbocycles. The molecule has 3 rings (SSSR count). The Morgan fingerprint density at radius 1 is 1.21 bits per heavy atom. The van der Waals surface area contributed by atoms with Crippen molar-refractivity contribution in [2.24, 2.45) is 0 Å². The lowest BCUT2D eigenvalue weighted by Gasteiger charge is -2.15. The number of nitrogens with zero attached hydrogens (tertiary/aromatic N) is 4. The monoisotopic (exact) mass is 404 g/mol. The Bertz CT molecular complexity index is 947. The quantitative estimate of drug-likeness (QED) is 0.414. The number of rotatable bonds is 8. The van der Waals surface area contributed by atoms with Gasteiger partial charge in [-0.3, -0.25) is 9.36 Å². The van der Waals surface area contributed by atoms with E-state index in [9.17, 15) is 4.79 Å². The molecule has 0 aliphatic rings. The number of carbonyl (C=O) groups excluding carboxylic acids is 1. The number of pyridine rings is 1. The van der Waals surface area contributed by atoms with Crippen LogP contribution in [0.15, 0.2) is 34.0 Å². The summed E-state index contributed by atoms with van der Waals surface area (Å²) < 4.78 is 23.4. The van der Waals surface area contributed by atoms with E-state index in [2.05, 4.69) is 15.2 Å². The highest BCUT2D eigenvalue weighted by atomic mass is 32.2. The fourth-order valence-corrected chi connectivity index (χ4v) is 3.28. The van der Waals surface area contributed by atoms with Crippen molar-refractivity contribution in [1.29, 1.82) is 0 Å². The Hall–Kier alpha value is -3.01. The topological polar surface area (TPSA) is 102 Å². The molecular formula is C18H20N4O5S. The Morgan fingerprint density at radius 2 is 2.04 bits per heavy atom. The summed E-state index contributed by atoms with van der Waals surface area (Å²) in [6, 6.07) is 5.33. The van der Waals surface area contributed by atoms with Crippen LogP contribution in [-0.4, -0.2) is 52.3 Å². The summed E-state index contributed by atoms with van der Waals surface area (Å²) in [7, 11) is 3.06. The molecule has 0 spiro atoms. The first-order valence-electron chi connectivity index (χ1n) is 8.47. The van der Waals surface area contributed by atoms with Crippen molar-refractivity contribution in [1.82, 2.24) is 19.7 Å². The van der Waals surface area contributed by atoms with Crippen molar-refractivity contribution in [3.63, 3.8) is 0 Å². The van der Waals surface area contributed by atoms with Gasteiger partial charge in [0.1, 0.15) is 11.5 Å². The summed E-state index contributed by atoms with van der Waals surface area (Å²) >= 11 is 1.18. The van der Waals surface area contributed by atoms with Crippen LogP contribution in [0.5, 0.6) is 11.6 Å². The Labute approximate surface area is 166 Å². The van der Waals surface area contributed by atoms with Gasteiger partial charge in [-0.05, 0) is 26.0 Å². The molecule has 0 fully saturated rings. The van der Waals surface area contributed by atoms with Crippen molar-refractivity contribution in [2.45, 2.75) is 19.0 Å². The average Bonchev–Trinajstić information content (AvgIpc) is 3.31. The first kappa shape index (κ1) is 19.7. The van der Waals surface area contributed by atoms with Gasteiger partial charge in [0.05, 0.1) is 26.6 Å². The predicted molar refractivity (Wildman–Crippen MR) is 102 cm³/mol. The zero-order valence-corrected chi connectivity index (χ0v) is 16.8. The zero-order valence-electron chi connectivity index (χ0n) is 16.0. The van der Waals surface area contributed by atoms with Gasteiger partial charge in [0, 0.05) is 12.3 Å². The highest BCUT2D eigenvalue weighted by molar-refractivity contribution is 7.99. The second-order valence-corrected chi connectivity index (χ2v) is 6.46. The molecule has 9 nitrogen and oxygen atoms in total. The summed E-state index contributed by atoms with van der Waals surface area (Å²) in [6.07, 6.45) is 1.58. The summed E-state index contributed by atoms with van der Waals surface area (Å²) in [5.41, 5.74) is 0.507. The molecule has 28 heavy (non-hydrogen) atoms. The van der Waals surface area contributed by atoms with E-state index in [0.29, 0.717) is 40.7 Å². The van der Waals surface area contributed by atoms with Crippen molar-refractivity contribution >= 4 is 17.7 Å². The molecule has 10 heteroatoms. The number of aryl methyl sites for hydroxylation is 1. The molecule has 0 N–H and O–H groups in total. The molecule has 0 amide bonds. The van der Waals surface area contributed by atoms with Crippen LogP contribution in [0.4, 0.5) is 0 Å². The van der Waals surface area contributed by atoms with Crippen LogP contribution < -0.4 is 9.47 Å². The van der Waals surface area contributed by atoms with Gasteiger partial charge in [0.2, 0.25) is 11.7 Å². The lowest BCUT2D eigenvalue weighted by atomic mass is 10.3. The summed E-state index contributed by atoms with van der Waals surface area (Å²) in [5.74, 6) is 2.24. The molecular weight excluding hydrogens is 384 g/mol. The molecule has 3 heterocycles. The maximum Gasteiger partial charge on any atom is 0.316 e. The average molecular weight is 404 g/mol. The first-order chi connectivity index (χ1) is 13.6. The van der Waals surface area contributed by atoms with Crippen LogP contribution >= 0.6 is 11.8 Å². The molecule has 3 aromatic rings. The first-order valence-corrected chi connectivity index (χ1v) is 9.45. The summed E-state index contributed by atoms with van der Waals surface area (Å²) in [6.45, 7) is 3.91. The van der Waals surface area contributed by atoms with Crippen molar-refractivity contribution in [2.75, 3.05) is 26.6 Å². The van der Waals surface area contributed by atoms with Gasteiger partial charge >= 0.3 is 5.97 Å². The maximum atomic E-state index is 11.8. The lowest BCUT2D eigenvalue weighted by molar-refractivity contribution is -0.139. The Morgan fingerprint density at radius 3 is 2.68 bits per heavy atom. The number of furan rings is 1. The van der Waals surface area contributed by atoms with E-state index < -0.39 is 0 Å². The molecule has 0 aliphatic heterocycles. The van der Waals surface area contributed by atoms with Crippen LogP contribution in [0.25, 0.3) is 17.3 Å². The predicted octanol–water partition coefficient (Wildman–Crippen LogP) is 2.90. The van der Waals surface area contributed by atoms with Crippen molar-refractivity contribution in [3.05, 3.63) is 30.2 Å². The van der Waals surface area contributed by atoms with E-state index in [1.807, 2.05) is 13.0 Å². The van der Waals surface area contributed by atoms with E-state index in [-0.39, 0.29) is 11.7 Å². The van der Waals surface area contributed by atoms with Crippen LogP contribution in [-0.2, 0) is 9.53 Å². The van der Waals surface area contributed by atoms with Gasteiger partial charge in [-0.2, -0.15) is 0 Å². The van der Waals surface area contributed by atoms with Crippen molar-refractivity contribution in [3.8, 4) is 28.9 Å². The smallest absolute Gasteiger partial charge is 0.316 e. The molecule has 0 radical (unpaired) electrons. The van der Waals surface area contributed by atoms with Gasteiger partial charge in [0.25, 0.3) is 0 Å². The van der Waals surface area contributed by atoms with Gasteiger partial charge in [0.15, 0.2) is 16.6 Å². The number of esters is 1. The van der Waals surface area contributed by atoms with E-state index >= 15 is 0 Å². The molecule has 148 valence electrons. The second-order valence-electron chi connectivity index (χ2n) is 5.52. The Balaban J connectivity index is 2.14. The third-order valence-electron chi connectivity index (χ3n) is 3.71. The summed E-state index contributed by atoms with van der Waals surface area (Å²) in [4.78, 5) is 16.1. The van der Waals surface area contributed by atoms with Gasteiger partial charge in [-0.15, -0.1) is 10.2 Å². The van der Waals surface area contributed by atoms with E-state index in [0.717, 1.165) is 5.76 Å². The molecule has 0 aliphatic carbocycles. The van der Waals surface area contributed by atoms with Gasteiger partial charge in [-0.25, -0.2) is 4.98 Å². The summed E-state index contributed by atoms with van der Waals surface area (Å²) in [5, 5.41) is 8.93. The Kier molecular flexibility index (Phi) is 6.19. The number of thioether (sulfide) groups is 1.